The second kappa shape index (κ2) is 5.36. The van der Waals surface area contributed by atoms with Gasteiger partial charge in [0.15, 0.2) is 5.76 Å². The number of nitrogens with one attached hydrogen (secondary N) is 1. The Balaban J connectivity index is 2.00. The van der Waals surface area contributed by atoms with E-state index >= 15 is 0 Å². The predicted octanol–water partition coefficient (Wildman–Crippen LogP) is 2.33. The number of nitrogens with zero attached hydrogens (tertiary/aromatic N) is 1. The summed E-state index contributed by atoms with van der Waals surface area (Å²) in [5.74, 6) is -0.593. The van der Waals surface area contributed by atoms with E-state index in [2.05, 4.69) is 10.3 Å². The van der Waals surface area contributed by atoms with Crippen molar-refractivity contribution in [1.29, 1.82) is 0 Å². The molecule has 0 spiro atoms. The number of nitrogens with two attached hydrogens (primary N) is 1. The van der Waals surface area contributed by atoms with Gasteiger partial charge in [-0.3, -0.25) is 9.59 Å². The van der Waals surface area contributed by atoms with Crippen molar-refractivity contribution in [3.63, 3.8) is 0 Å². The molecule has 3 aromatic rings. The molecule has 0 radical (unpaired) electrons. The van der Waals surface area contributed by atoms with Gasteiger partial charge in [0.1, 0.15) is 11.4 Å². The van der Waals surface area contributed by atoms with Gasteiger partial charge in [0.05, 0.1) is 5.39 Å². The van der Waals surface area contributed by atoms with Crippen LogP contribution in [0.2, 0.25) is 0 Å². The van der Waals surface area contributed by atoms with Crippen molar-refractivity contribution in [1.82, 2.24) is 4.98 Å². The molecule has 0 saturated heterocycles. The van der Waals surface area contributed by atoms with Gasteiger partial charge in [-0.05, 0) is 24.3 Å². The Morgan fingerprint density at radius 1 is 1.27 bits per heavy atom. The summed E-state index contributed by atoms with van der Waals surface area (Å²) in [6.45, 7) is 1.92. The summed E-state index contributed by atoms with van der Waals surface area (Å²) in [6, 6.07) is 6.63. The molecule has 2 amide bonds. The van der Waals surface area contributed by atoms with Gasteiger partial charge in [0.25, 0.3) is 11.8 Å². The fourth-order valence-electron chi connectivity index (χ4n) is 2.10. The van der Waals surface area contributed by atoms with Gasteiger partial charge in [-0.25, -0.2) is 4.98 Å². The van der Waals surface area contributed by atoms with Crippen LogP contribution in [0.15, 0.2) is 39.3 Å². The number of carbonyl (C=O) groups excluding carboxylic acids is 2. The van der Waals surface area contributed by atoms with Crippen LogP contribution in [-0.4, -0.2) is 16.8 Å². The van der Waals surface area contributed by atoms with Crippen molar-refractivity contribution >= 4 is 28.6 Å². The standard InChI is InChI=1S/C15H13N3O4/c1-2-8-5-6-10(21-8)14(20)18-11-9-4-3-7-17-15(9)22-12(11)13(16)19/h3-7H,2H2,1H3,(H2,16,19)(H,18,20). The summed E-state index contributed by atoms with van der Waals surface area (Å²) in [5, 5.41) is 3.09. The normalized spacial score (nSPS) is 10.8. The number of pyridine rings is 1. The highest BCUT2D eigenvalue weighted by atomic mass is 16.4. The van der Waals surface area contributed by atoms with Crippen molar-refractivity contribution < 1.29 is 18.4 Å². The van der Waals surface area contributed by atoms with Crippen LogP contribution in [-0.2, 0) is 6.42 Å². The minimum atomic E-state index is -0.790. The number of furan rings is 2. The van der Waals surface area contributed by atoms with E-state index in [9.17, 15) is 9.59 Å². The van der Waals surface area contributed by atoms with Crippen molar-refractivity contribution in [3.8, 4) is 0 Å². The second-order valence-electron chi connectivity index (χ2n) is 4.60. The third-order valence-electron chi connectivity index (χ3n) is 3.16. The maximum absolute atomic E-state index is 12.2. The minimum absolute atomic E-state index is 0.144. The zero-order valence-corrected chi connectivity index (χ0v) is 11.8. The number of hydrogen-bond donors (Lipinski definition) is 2. The fourth-order valence-corrected chi connectivity index (χ4v) is 2.10. The monoisotopic (exact) mass is 299 g/mol. The van der Waals surface area contributed by atoms with Crippen molar-refractivity contribution in [2.75, 3.05) is 5.32 Å². The van der Waals surface area contributed by atoms with Crippen molar-refractivity contribution in [3.05, 3.63) is 47.7 Å². The first kappa shape index (κ1) is 13.9. The molecule has 3 N–H and O–H groups in total. The maximum Gasteiger partial charge on any atom is 0.291 e. The molecule has 0 saturated carbocycles. The Hall–Kier alpha value is -3.09. The quantitative estimate of drug-likeness (QED) is 0.768. The van der Waals surface area contributed by atoms with E-state index in [1.54, 1.807) is 24.3 Å². The molecule has 7 heteroatoms. The molecule has 22 heavy (non-hydrogen) atoms. The number of aryl methyl sites for hydroxylation is 1. The molecule has 7 nitrogen and oxygen atoms in total. The average Bonchev–Trinajstić information content (AvgIpc) is 3.12. The van der Waals surface area contributed by atoms with E-state index in [0.29, 0.717) is 17.6 Å². The SMILES string of the molecule is CCc1ccc(C(=O)Nc2c(C(N)=O)oc3ncccc23)o1. The van der Waals surface area contributed by atoms with Crippen LogP contribution in [0.1, 0.15) is 33.8 Å². The summed E-state index contributed by atoms with van der Waals surface area (Å²) in [6.07, 6.45) is 2.20. The number of aromatic nitrogens is 1. The largest absolute Gasteiger partial charge is 0.456 e. The van der Waals surface area contributed by atoms with Gasteiger partial charge < -0.3 is 19.9 Å². The molecule has 3 aromatic heterocycles. The highest BCUT2D eigenvalue weighted by Gasteiger charge is 2.22. The Morgan fingerprint density at radius 3 is 2.77 bits per heavy atom. The first-order chi connectivity index (χ1) is 10.6. The van der Waals surface area contributed by atoms with E-state index in [1.807, 2.05) is 6.92 Å². The topological polar surface area (TPSA) is 111 Å². The third kappa shape index (κ3) is 2.32. The van der Waals surface area contributed by atoms with Gasteiger partial charge >= 0.3 is 0 Å². The number of hydrogen-bond acceptors (Lipinski definition) is 5. The van der Waals surface area contributed by atoms with Gasteiger partial charge in [-0.2, -0.15) is 0 Å². The molecule has 0 aromatic carbocycles. The highest BCUT2D eigenvalue weighted by Crippen LogP contribution is 2.29. The van der Waals surface area contributed by atoms with Gasteiger partial charge in [0, 0.05) is 12.6 Å². The molecule has 0 unspecified atom stereocenters. The predicted molar refractivity (Wildman–Crippen MR) is 78.6 cm³/mol. The third-order valence-corrected chi connectivity index (χ3v) is 3.16. The summed E-state index contributed by atoms with van der Waals surface area (Å²) in [4.78, 5) is 27.7. The molecule has 0 bridgehead atoms. The number of rotatable bonds is 4. The number of primary amides is 1. The average molecular weight is 299 g/mol. The molecule has 0 aliphatic carbocycles. The van der Waals surface area contributed by atoms with Crippen LogP contribution in [0.4, 0.5) is 5.69 Å². The zero-order chi connectivity index (χ0) is 15.7. The number of anilines is 1. The lowest BCUT2D eigenvalue weighted by atomic mass is 10.2. The second-order valence-corrected chi connectivity index (χ2v) is 4.60. The lowest BCUT2D eigenvalue weighted by molar-refractivity contribution is 0.0976. The van der Waals surface area contributed by atoms with E-state index in [1.165, 1.54) is 6.20 Å². The van der Waals surface area contributed by atoms with Crippen LogP contribution < -0.4 is 11.1 Å². The molecule has 112 valence electrons. The molecule has 0 atom stereocenters. The van der Waals surface area contributed by atoms with Crippen LogP contribution in [0.5, 0.6) is 0 Å². The summed E-state index contributed by atoms with van der Waals surface area (Å²) < 4.78 is 10.7. The van der Waals surface area contributed by atoms with Crippen molar-refractivity contribution in [2.24, 2.45) is 5.73 Å². The zero-order valence-electron chi connectivity index (χ0n) is 11.8. The Morgan fingerprint density at radius 2 is 2.09 bits per heavy atom. The Bertz CT molecular complexity index is 863. The number of amides is 2. The van der Waals surface area contributed by atoms with E-state index in [0.717, 1.165) is 0 Å². The van der Waals surface area contributed by atoms with Crippen LogP contribution in [0.25, 0.3) is 11.1 Å². The summed E-state index contributed by atoms with van der Waals surface area (Å²) in [7, 11) is 0. The smallest absolute Gasteiger partial charge is 0.291 e. The lowest BCUT2D eigenvalue weighted by Gasteiger charge is -2.02. The number of fused-ring (bicyclic) bond motifs is 1. The molecular weight excluding hydrogens is 286 g/mol. The van der Waals surface area contributed by atoms with E-state index < -0.39 is 11.8 Å². The van der Waals surface area contributed by atoms with Crippen molar-refractivity contribution in [2.45, 2.75) is 13.3 Å². The highest BCUT2D eigenvalue weighted by molar-refractivity contribution is 6.12. The molecule has 0 aliphatic heterocycles. The maximum atomic E-state index is 12.2. The first-order valence-corrected chi connectivity index (χ1v) is 6.67. The van der Waals surface area contributed by atoms with Gasteiger partial charge in [-0.1, -0.05) is 6.92 Å². The molecule has 0 aliphatic rings. The molecule has 3 heterocycles. The minimum Gasteiger partial charge on any atom is -0.456 e. The number of carbonyl (C=O) groups is 2. The first-order valence-electron chi connectivity index (χ1n) is 6.67. The van der Waals surface area contributed by atoms with Gasteiger partial charge in [0.2, 0.25) is 11.5 Å². The fraction of sp³-hybridized carbons (Fsp3) is 0.133. The van der Waals surface area contributed by atoms with E-state index in [-0.39, 0.29) is 22.9 Å². The summed E-state index contributed by atoms with van der Waals surface area (Å²) in [5.41, 5.74) is 5.70. The summed E-state index contributed by atoms with van der Waals surface area (Å²) >= 11 is 0. The van der Waals surface area contributed by atoms with Gasteiger partial charge in [-0.15, -0.1) is 0 Å². The molecule has 3 rings (SSSR count). The molecular formula is C15H13N3O4. The van der Waals surface area contributed by atoms with Crippen LogP contribution >= 0.6 is 0 Å². The van der Waals surface area contributed by atoms with E-state index in [4.69, 9.17) is 14.6 Å². The van der Waals surface area contributed by atoms with Crippen LogP contribution in [0.3, 0.4) is 0 Å². The molecule has 0 fully saturated rings. The Labute approximate surface area is 125 Å². The Kier molecular flexibility index (Phi) is 3.38. The van der Waals surface area contributed by atoms with Crippen LogP contribution in [0, 0.1) is 0 Å². The lowest BCUT2D eigenvalue weighted by Crippen LogP contribution is -2.16.